The van der Waals surface area contributed by atoms with Gasteiger partial charge in [-0.05, 0) is 18.2 Å². The molecule has 0 aliphatic rings. The van der Waals surface area contributed by atoms with Crippen molar-refractivity contribution in [3.63, 3.8) is 0 Å². The van der Waals surface area contributed by atoms with Crippen LogP contribution in [0.2, 0.25) is 0 Å². The molecule has 9 heteroatoms. The third-order valence-corrected chi connectivity index (χ3v) is 2.24. The van der Waals surface area contributed by atoms with Crippen LogP contribution in [0.1, 0.15) is 20.7 Å². The maximum Gasteiger partial charge on any atom is 0.329 e. The van der Waals surface area contributed by atoms with Crippen molar-refractivity contribution >= 4 is 29.4 Å². The van der Waals surface area contributed by atoms with Gasteiger partial charge in [0.2, 0.25) is 17.7 Å². The van der Waals surface area contributed by atoms with Crippen molar-refractivity contribution in [3.05, 3.63) is 29.3 Å². The molecule has 0 aliphatic heterocycles. The van der Waals surface area contributed by atoms with Gasteiger partial charge in [0.1, 0.15) is 13.2 Å². The Morgan fingerprint density at radius 2 is 1.52 bits per heavy atom. The van der Waals surface area contributed by atoms with Crippen molar-refractivity contribution in [1.29, 1.82) is 0 Å². The van der Waals surface area contributed by atoms with E-state index in [1.807, 2.05) is 0 Å². The topological polar surface area (TPSA) is 162 Å². The van der Waals surface area contributed by atoms with Crippen molar-refractivity contribution in [2.24, 2.45) is 11.5 Å². The minimum absolute atomic E-state index is 0.00643. The molecule has 1 aromatic rings. The van der Waals surface area contributed by atoms with Crippen LogP contribution in [0.3, 0.4) is 0 Å². The average molecular weight is 295 g/mol. The van der Waals surface area contributed by atoms with Crippen LogP contribution in [0, 0.1) is 0 Å². The molecular formula is C12H13N3O6. The quantitative estimate of drug-likeness (QED) is 0.500. The van der Waals surface area contributed by atoms with E-state index in [-0.39, 0.29) is 16.8 Å². The molecule has 0 fully saturated rings. The number of nitrogens with one attached hydrogen (secondary N) is 1. The number of benzene rings is 1. The van der Waals surface area contributed by atoms with Gasteiger partial charge in [0, 0.05) is 16.8 Å². The highest BCUT2D eigenvalue weighted by Gasteiger charge is 2.11. The van der Waals surface area contributed by atoms with Crippen LogP contribution in [0.4, 0.5) is 5.69 Å². The fourth-order valence-corrected chi connectivity index (χ4v) is 1.41. The Morgan fingerprint density at radius 3 is 1.95 bits per heavy atom. The van der Waals surface area contributed by atoms with Gasteiger partial charge in [-0.2, -0.15) is 0 Å². The summed E-state index contributed by atoms with van der Waals surface area (Å²) in [4.78, 5) is 44.0. The second-order valence-corrected chi connectivity index (χ2v) is 3.96. The van der Waals surface area contributed by atoms with Gasteiger partial charge in [0.15, 0.2) is 0 Å². The zero-order chi connectivity index (χ0) is 16.0. The first-order valence-corrected chi connectivity index (χ1v) is 5.63. The van der Waals surface area contributed by atoms with Crippen molar-refractivity contribution in [2.75, 3.05) is 18.5 Å². The second-order valence-electron chi connectivity index (χ2n) is 3.96. The summed E-state index contributed by atoms with van der Waals surface area (Å²) in [5.41, 5.74) is 10.3. The number of aliphatic carboxylic acids is 1. The molecule has 1 aromatic carbocycles. The number of primary amides is 2. The van der Waals surface area contributed by atoms with E-state index in [2.05, 4.69) is 10.1 Å². The summed E-state index contributed by atoms with van der Waals surface area (Å²) in [7, 11) is 0. The second kappa shape index (κ2) is 7.01. The maximum absolute atomic E-state index is 11.5. The zero-order valence-corrected chi connectivity index (χ0v) is 10.8. The number of ether oxygens (including phenoxy) is 1. The Hall–Kier alpha value is -2.94. The first-order valence-electron chi connectivity index (χ1n) is 5.63. The molecular weight excluding hydrogens is 282 g/mol. The molecule has 0 saturated heterocycles. The molecule has 6 N–H and O–H groups in total. The van der Waals surface area contributed by atoms with Crippen molar-refractivity contribution in [3.8, 4) is 0 Å². The number of carboxylic acids is 1. The Bertz CT molecular complexity index is 566. The number of rotatable bonds is 7. The summed E-state index contributed by atoms with van der Waals surface area (Å²) in [5.74, 6) is -3.46. The van der Waals surface area contributed by atoms with Crippen molar-refractivity contribution < 1.29 is 29.0 Å². The smallest absolute Gasteiger partial charge is 0.329 e. The highest BCUT2D eigenvalue weighted by Crippen LogP contribution is 2.14. The van der Waals surface area contributed by atoms with Gasteiger partial charge in [0.05, 0.1) is 0 Å². The van der Waals surface area contributed by atoms with E-state index in [9.17, 15) is 19.2 Å². The van der Waals surface area contributed by atoms with Crippen LogP contribution < -0.4 is 16.8 Å². The monoisotopic (exact) mass is 295 g/mol. The number of carbonyl (C=O) groups is 4. The molecule has 3 amide bonds. The third kappa shape index (κ3) is 5.28. The molecule has 9 nitrogen and oxygen atoms in total. The highest BCUT2D eigenvalue weighted by molar-refractivity contribution is 6.01. The summed E-state index contributed by atoms with van der Waals surface area (Å²) in [6.07, 6.45) is 0. The van der Waals surface area contributed by atoms with Crippen LogP contribution in [-0.4, -0.2) is 42.0 Å². The lowest BCUT2D eigenvalue weighted by Crippen LogP contribution is -2.22. The van der Waals surface area contributed by atoms with Crippen LogP contribution in [0.5, 0.6) is 0 Å². The van der Waals surface area contributed by atoms with Gasteiger partial charge >= 0.3 is 5.97 Å². The number of anilines is 1. The minimum Gasteiger partial charge on any atom is -0.480 e. The molecule has 0 spiro atoms. The van der Waals surface area contributed by atoms with Crippen LogP contribution >= 0.6 is 0 Å². The molecule has 0 bridgehead atoms. The number of nitrogens with two attached hydrogens (primary N) is 2. The van der Waals surface area contributed by atoms with E-state index < -0.39 is 36.9 Å². The molecule has 0 saturated carbocycles. The van der Waals surface area contributed by atoms with Gasteiger partial charge in [-0.3, -0.25) is 14.4 Å². The van der Waals surface area contributed by atoms with Crippen LogP contribution in [0.15, 0.2) is 18.2 Å². The fraction of sp³-hybridized carbons (Fsp3) is 0.167. The van der Waals surface area contributed by atoms with Gasteiger partial charge in [-0.1, -0.05) is 0 Å². The summed E-state index contributed by atoms with van der Waals surface area (Å²) in [6.45, 7) is -1.12. The zero-order valence-electron chi connectivity index (χ0n) is 10.8. The number of hydrogen-bond acceptors (Lipinski definition) is 5. The van der Waals surface area contributed by atoms with E-state index >= 15 is 0 Å². The predicted octanol–water partition coefficient (Wildman–Crippen LogP) is -1.08. The Kier molecular flexibility index (Phi) is 5.38. The van der Waals surface area contributed by atoms with E-state index in [4.69, 9.17) is 16.6 Å². The van der Waals surface area contributed by atoms with Gasteiger partial charge < -0.3 is 26.6 Å². The maximum atomic E-state index is 11.5. The fourth-order valence-electron chi connectivity index (χ4n) is 1.41. The number of hydrogen-bond donors (Lipinski definition) is 4. The molecule has 0 aromatic heterocycles. The van der Waals surface area contributed by atoms with E-state index in [0.29, 0.717) is 0 Å². The number of carbonyl (C=O) groups excluding carboxylic acids is 3. The Balaban J connectivity index is 2.82. The molecule has 0 atom stereocenters. The summed E-state index contributed by atoms with van der Waals surface area (Å²) in [5, 5.41) is 10.7. The largest absolute Gasteiger partial charge is 0.480 e. The van der Waals surface area contributed by atoms with Gasteiger partial charge in [0.25, 0.3) is 0 Å². The molecule has 112 valence electrons. The predicted molar refractivity (Wildman–Crippen MR) is 70.6 cm³/mol. The summed E-state index contributed by atoms with van der Waals surface area (Å²) >= 11 is 0. The van der Waals surface area contributed by atoms with Gasteiger partial charge in [-0.15, -0.1) is 0 Å². The minimum atomic E-state index is -1.21. The molecule has 0 heterocycles. The SMILES string of the molecule is NC(=O)c1cc(NC(=O)COCC(=O)O)cc(C(N)=O)c1. The summed E-state index contributed by atoms with van der Waals surface area (Å²) < 4.78 is 4.59. The molecule has 1 rings (SSSR count). The van der Waals surface area contributed by atoms with E-state index in [1.165, 1.54) is 18.2 Å². The van der Waals surface area contributed by atoms with Gasteiger partial charge in [-0.25, -0.2) is 4.79 Å². The lowest BCUT2D eigenvalue weighted by Gasteiger charge is -2.08. The Morgan fingerprint density at radius 1 is 1.00 bits per heavy atom. The van der Waals surface area contributed by atoms with E-state index in [1.54, 1.807) is 0 Å². The highest BCUT2D eigenvalue weighted by atomic mass is 16.5. The summed E-state index contributed by atoms with van der Waals surface area (Å²) in [6, 6.07) is 3.70. The van der Waals surface area contributed by atoms with Crippen molar-refractivity contribution in [1.82, 2.24) is 0 Å². The standard InChI is InChI=1S/C12H13N3O6/c13-11(19)6-1-7(12(14)20)3-8(2-6)15-9(16)4-21-5-10(17)18/h1-3H,4-5H2,(H2,13,19)(H2,14,20)(H,15,16)(H,17,18). The molecule has 0 unspecified atom stereocenters. The number of carboxylic acid groups (broad SMARTS) is 1. The average Bonchev–Trinajstić information content (AvgIpc) is 2.37. The lowest BCUT2D eigenvalue weighted by atomic mass is 10.1. The molecule has 0 radical (unpaired) electrons. The van der Waals surface area contributed by atoms with Crippen LogP contribution in [-0.2, 0) is 14.3 Å². The first kappa shape index (κ1) is 16.1. The Labute approximate surface area is 118 Å². The first-order chi connectivity index (χ1) is 9.79. The third-order valence-electron chi connectivity index (χ3n) is 2.24. The lowest BCUT2D eigenvalue weighted by molar-refractivity contribution is -0.143. The number of amides is 3. The van der Waals surface area contributed by atoms with Crippen molar-refractivity contribution in [2.45, 2.75) is 0 Å². The van der Waals surface area contributed by atoms with Crippen LogP contribution in [0.25, 0.3) is 0 Å². The molecule has 0 aliphatic carbocycles. The molecule has 21 heavy (non-hydrogen) atoms. The normalized spacial score (nSPS) is 9.90. The van der Waals surface area contributed by atoms with E-state index in [0.717, 1.165) is 0 Å².